The molecule has 2 bridgehead atoms. The highest BCUT2D eigenvalue weighted by Crippen LogP contribution is 2.60. The Kier molecular flexibility index (Phi) is 10.6. The Balaban J connectivity index is 1.16. The van der Waals surface area contributed by atoms with E-state index < -0.39 is 0 Å². The van der Waals surface area contributed by atoms with E-state index in [0.29, 0.717) is 0 Å². The third kappa shape index (κ3) is 7.28. The highest BCUT2D eigenvalue weighted by atomic mass is 16.3. The van der Waals surface area contributed by atoms with Gasteiger partial charge in [-0.3, -0.25) is 0 Å². The molecule has 1 saturated carbocycles. The van der Waals surface area contributed by atoms with Gasteiger partial charge in [-0.05, 0) is 228 Å². The summed E-state index contributed by atoms with van der Waals surface area (Å²) in [4.78, 5) is 5.53. The molecule has 0 radical (unpaired) electrons. The molecule has 0 saturated heterocycles. The predicted octanol–water partition coefficient (Wildman–Crippen LogP) is 19.0. The Morgan fingerprint density at radius 3 is 1.59 bits per heavy atom. The fourth-order valence-electron chi connectivity index (χ4n) is 17.3. The average molecular weight is 1050 g/mol. The number of hydrogen-bond acceptors (Lipinski definition) is 3. The highest BCUT2D eigenvalue weighted by Gasteiger charge is 2.52. The molecule has 0 amide bonds. The molecule has 7 aromatic rings. The number of anilines is 6. The number of hydrogen-bond donors (Lipinski definition) is 0. The van der Waals surface area contributed by atoms with Crippen LogP contribution in [0.3, 0.4) is 0 Å². The van der Waals surface area contributed by atoms with Gasteiger partial charge < -0.3 is 14.2 Å². The van der Waals surface area contributed by atoms with E-state index in [9.17, 15) is 0 Å². The minimum absolute atomic E-state index is 0.000407. The third-order valence-corrected chi connectivity index (χ3v) is 23.0. The Bertz CT molecular complexity index is 3760. The zero-order chi connectivity index (χ0) is 55.7. The van der Waals surface area contributed by atoms with E-state index in [0.717, 1.165) is 30.5 Å². The maximum Gasteiger partial charge on any atom is 0.297 e. The number of nitrogens with zero attached hydrogens (tertiary/aromatic N) is 2. The van der Waals surface area contributed by atoms with Crippen molar-refractivity contribution in [1.29, 1.82) is 0 Å². The predicted molar refractivity (Wildman–Crippen MR) is 338 cm³/mol. The second kappa shape index (κ2) is 16.2. The molecule has 1 aromatic heterocycles. The van der Waals surface area contributed by atoms with Gasteiger partial charge in [-0.15, -0.1) is 0 Å². The second-order valence-electron chi connectivity index (χ2n) is 32.2. The summed E-state index contributed by atoms with van der Waals surface area (Å²) in [5.41, 5.74) is 28.8. The molecule has 4 heteroatoms. The van der Waals surface area contributed by atoms with Crippen LogP contribution < -0.4 is 26.4 Å². The molecule has 79 heavy (non-hydrogen) atoms. The van der Waals surface area contributed by atoms with Gasteiger partial charge in [0.15, 0.2) is 0 Å². The lowest BCUT2D eigenvalue weighted by atomic mass is 9.35. The molecule has 6 aromatic carbocycles. The van der Waals surface area contributed by atoms with Crippen molar-refractivity contribution < 1.29 is 4.42 Å². The lowest BCUT2D eigenvalue weighted by Gasteiger charge is -2.48. The van der Waals surface area contributed by atoms with Gasteiger partial charge in [0.2, 0.25) is 0 Å². The van der Waals surface area contributed by atoms with E-state index >= 15 is 0 Å². The third-order valence-electron chi connectivity index (χ3n) is 23.0. The van der Waals surface area contributed by atoms with Crippen LogP contribution in [0.5, 0.6) is 0 Å². The lowest BCUT2D eigenvalue weighted by Crippen LogP contribution is -2.61. The van der Waals surface area contributed by atoms with E-state index in [1.54, 1.807) is 5.56 Å². The molecule has 2 atom stereocenters. The van der Waals surface area contributed by atoms with Crippen LogP contribution in [0.1, 0.15) is 238 Å². The Morgan fingerprint density at radius 1 is 0.443 bits per heavy atom. The molecule has 3 heterocycles. The lowest BCUT2D eigenvalue weighted by molar-refractivity contribution is 0.332. The minimum Gasteiger partial charge on any atom is -0.468 e. The number of benzene rings is 6. The zero-order valence-electron chi connectivity index (χ0n) is 51.4. The molecule has 0 N–H and O–H groups in total. The Morgan fingerprint density at radius 2 is 0.975 bits per heavy atom. The molecule has 1 fully saturated rings. The minimum atomic E-state index is -0.161. The maximum atomic E-state index is 7.96. The van der Waals surface area contributed by atoms with Crippen molar-refractivity contribution in [1.82, 2.24) is 0 Å². The summed E-state index contributed by atoms with van der Waals surface area (Å²) in [7, 11) is 0. The van der Waals surface area contributed by atoms with E-state index in [4.69, 9.17) is 4.42 Å². The molecule has 8 aliphatic rings. The van der Waals surface area contributed by atoms with Crippen molar-refractivity contribution in [2.24, 2.45) is 0 Å². The van der Waals surface area contributed by atoms with Gasteiger partial charge in [-0.25, -0.2) is 0 Å². The quantitative estimate of drug-likeness (QED) is 0.164. The van der Waals surface area contributed by atoms with Gasteiger partial charge in [-0.2, -0.15) is 0 Å². The molecule has 15 rings (SSSR count). The first-order chi connectivity index (χ1) is 36.9. The highest BCUT2D eigenvalue weighted by molar-refractivity contribution is 7.00. The average Bonchev–Trinajstić information content (AvgIpc) is 3.89. The van der Waals surface area contributed by atoms with Gasteiger partial charge >= 0.3 is 0 Å². The normalized spacial score (nSPS) is 24.8. The van der Waals surface area contributed by atoms with Crippen LogP contribution >= 0.6 is 0 Å². The monoisotopic (exact) mass is 1040 g/mol. The number of rotatable bonds is 3. The van der Waals surface area contributed by atoms with E-state index in [1.807, 2.05) is 0 Å². The van der Waals surface area contributed by atoms with Crippen molar-refractivity contribution in [2.45, 2.75) is 237 Å². The van der Waals surface area contributed by atoms with Crippen LogP contribution in [-0.4, -0.2) is 6.71 Å². The summed E-state index contributed by atoms with van der Waals surface area (Å²) >= 11 is 0. The smallest absolute Gasteiger partial charge is 0.297 e. The van der Waals surface area contributed by atoms with Crippen molar-refractivity contribution in [2.75, 3.05) is 9.80 Å². The molecular formula is C75H89BN2O. The number of fused-ring (bicyclic) bond motifs is 12. The van der Waals surface area contributed by atoms with E-state index in [-0.39, 0.29) is 55.4 Å². The van der Waals surface area contributed by atoms with Crippen molar-refractivity contribution in [3.63, 3.8) is 0 Å². The summed E-state index contributed by atoms with van der Waals surface area (Å²) < 4.78 is 7.96. The van der Waals surface area contributed by atoms with Crippen molar-refractivity contribution in [3.05, 3.63) is 147 Å². The second-order valence-corrected chi connectivity index (χ2v) is 32.2. The summed E-state index contributed by atoms with van der Waals surface area (Å²) in [5.74, 6) is 0. The van der Waals surface area contributed by atoms with E-state index in [2.05, 4.69) is 225 Å². The first-order valence-electron chi connectivity index (χ1n) is 30.9. The summed E-state index contributed by atoms with van der Waals surface area (Å²) in [6.45, 7) is 42.3. The van der Waals surface area contributed by atoms with Gasteiger partial charge in [0.25, 0.3) is 6.71 Å². The van der Waals surface area contributed by atoms with Crippen molar-refractivity contribution in [3.8, 4) is 11.1 Å². The fraction of sp³-hybridized carbons (Fsp3) is 0.493. The van der Waals surface area contributed by atoms with Crippen LogP contribution in [0.4, 0.5) is 34.1 Å². The summed E-state index contributed by atoms with van der Waals surface area (Å²) in [6, 6.07) is 40.1. The van der Waals surface area contributed by atoms with Crippen LogP contribution in [0.15, 0.2) is 101 Å². The van der Waals surface area contributed by atoms with Gasteiger partial charge in [0.1, 0.15) is 5.58 Å². The molecule has 6 aliphatic carbocycles. The molecule has 0 spiro atoms. The fourth-order valence-corrected chi connectivity index (χ4v) is 17.3. The molecule has 3 nitrogen and oxygen atoms in total. The van der Waals surface area contributed by atoms with Gasteiger partial charge in [0.05, 0.1) is 17.0 Å². The van der Waals surface area contributed by atoms with Crippen LogP contribution in [0, 0.1) is 0 Å². The van der Waals surface area contributed by atoms with E-state index in [1.165, 1.54) is 157 Å². The maximum absolute atomic E-state index is 7.96. The molecule has 2 aliphatic heterocycles. The first-order valence-corrected chi connectivity index (χ1v) is 30.9. The Hall–Kier alpha value is -5.48. The zero-order valence-corrected chi connectivity index (χ0v) is 51.4. The summed E-state index contributed by atoms with van der Waals surface area (Å²) in [5, 5.41) is 1.27. The first kappa shape index (κ1) is 51.7. The summed E-state index contributed by atoms with van der Waals surface area (Å²) in [6.07, 6.45) is 13.2. The SMILES string of the molecule is CC(C)(C)c1cc2c3c(c1)N(c1ccc4c(c1)C(C)(C)CCC4(C)C)c1c(oc4cc5c(cc14)C1(C)CCCC5(C)CC1)B3c1cc3c(cc1N2c1ccc2c(c1-c1ccccc1)C(C)(C)CCC2(C)C)C(C)(C)CCC3(C)C. The molecule has 408 valence electrons. The molecule has 2 unspecified atom stereocenters. The van der Waals surface area contributed by atoms with Gasteiger partial charge in [-0.1, -0.05) is 173 Å². The van der Waals surface area contributed by atoms with Crippen molar-refractivity contribution >= 4 is 68.4 Å². The Labute approximate surface area is 475 Å². The standard InChI is InChI=1S/C75H89BN2O/c1-67(2,3)46-38-59-64-60(39-46)78(57-27-26-50-63(62(57)45-22-19-18-20-23-45)73(14,15)35-34-69(50,6)7)58-43-53-52(71(10,11)32-33-72(53,12)13)42-56(58)76(64)66-65(77(59)47-24-25-49-51(40-47)70(8,9)31-30-68(49,4)5)48-41-54-55(44-61(48)79-66)75(17)29-21-28-74(54,16)36-37-75/h18-20,22-27,38-44H,21,28-37H2,1-17H3. The number of furan rings is 1. The van der Waals surface area contributed by atoms with Crippen LogP contribution in [0.2, 0.25) is 0 Å². The topological polar surface area (TPSA) is 19.6 Å². The molecular weight excluding hydrogens is 956 g/mol. The largest absolute Gasteiger partial charge is 0.468 e. The van der Waals surface area contributed by atoms with Crippen LogP contribution in [-0.2, 0) is 48.7 Å². The van der Waals surface area contributed by atoms with Crippen LogP contribution in [0.25, 0.3) is 22.1 Å². The van der Waals surface area contributed by atoms with Gasteiger partial charge in [0, 0.05) is 33.7 Å².